The molecule has 2 atom stereocenters. The monoisotopic (exact) mass is 522 g/mol. The van der Waals surface area contributed by atoms with Gasteiger partial charge in [-0.2, -0.15) is 13.2 Å². The fraction of sp³-hybridized carbons (Fsp3) is 0.310. The van der Waals surface area contributed by atoms with Gasteiger partial charge in [-0.1, -0.05) is 42.5 Å². The second-order valence-corrected chi connectivity index (χ2v) is 9.89. The van der Waals surface area contributed by atoms with E-state index in [2.05, 4.69) is 0 Å². The summed E-state index contributed by atoms with van der Waals surface area (Å²) in [5.74, 6) is -0.684. The highest BCUT2D eigenvalue weighted by Crippen LogP contribution is 2.39. The lowest BCUT2D eigenvalue weighted by Crippen LogP contribution is -2.42. The zero-order valence-electron chi connectivity index (χ0n) is 20.4. The van der Waals surface area contributed by atoms with Crippen LogP contribution in [0, 0.1) is 5.92 Å². The highest BCUT2D eigenvalue weighted by atomic mass is 19.4. The number of amides is 2. The van der Waals surface area contributed by atoms with Crippen molar-refractivity contribution in [2.75, 3.05) is 26.4 Å². The summed E-state index contributed by atoms with van der Waals surface area (Å²) >= 11 is 0. The van der Waals surface area contributed by atoms with Crippen molar-refractivity contribution in [1.82, 2.24) is 9.80 Å². The van der Waals surface area contributed by atoms with Crippen LogP contribution in [0.1, 0.15) is 38.5 Å². The molecule has 3 heterocycles. The number of halogens is 3. The van der Waals surface area contributed by atoms with Gasteiger partial charge in [-0.15, -0.1) is 0 Å². The predicted molar refractivity (Wildman–Crippen MR) is 132 cm³/mol. The Morgan fingerprint density at radius 1 is 0.842 bits per heavy atom. The number of hydrogen-bond acceptors (Lipinski definition) is 4. The topological polar surface area (TPSA) is 59.1 Å². The average Bonchev–Trinajstić information content (AvgIpc) is 3.59. The van der Waals surface area contributed by atoms with E-state index in [0.29, 0.717) is 42.1 Å². The van der Waals surface area contributed by atoms with Crippen molar-refractivity contribution >= 4 is 11.8 Å². The van der Waals surface area contributed by atoms with Crippen LogP contribution in [-0.4, -0.2) is 48.0 Å². The lowest BCUT2D eigenvalue weighted by atomic mass is 9.86. The molecule has 6 rings (SSSR count). The molecule has 0 bridgehead atoms. The van der Waals surface area contributed by atoms with Crippen LogP contribution < -0.4 is 9.47 Å². The number of nitrogens with zero attached hydrogens (tertiary/aromatic N) is 2. The maximum Gasteiger partial charge on any atom is 0.416 e. The molecule has 1 saturated heterocycles. The normalized spacial score (nSPS) is 20.4. The number of likely N-dealkylation sites (tertiary alicyclic amines) is 1. The van der Waals surface area contributed by atoms with E-state index >= 15 is 0 Å². The van der Waals surface area contributed by atoms with Gasteiger partial charge in [-0.05, 0) is 47.4 Å². The minimum absolute atomic E-state index is 0.0733. The number of fused-ring (bicyclic) bond motifs is 2. The number of carbonyl (C=O) groups excluding carboxylic acids is 2. The van der Waals surface area contributed by atoms with Gasteiger partial charge in [0.25, 0.3) is 5.91 Å². The van der Waals surface area contributed by atoms with E-state index in [1.54, 1.807) is 34.1 Å². The third-order valence-corrected chi connectivity index (χ3v) is 7.63. The van der Waals surface area contributed by atoms with Gasteiger partial charge in [0.05, 0.1) is 11.5 Å². The molecule has 1 fully saturated rings. The summed E-state index contributed by atoms with van der Waals surface area (Å²) in [6, 6.07) is 17.9. The number of benzene rings is 3. The molecule has 3 aromatic rings. The fourth-order valence-corrected chi connectivity index (χ4v) is 5.63. The van der Waals surface area contributed by atoms with Crippen molar-refractivity contribution < 1.29 is 32.2 Å². The number of alkyl halides is 3. The van der Waals surface area contributed by atoms with Gasteiger partial charge < -0.3 is 19.3 Å². The maximum atomic E-state index is 13.9. The van der Waals surface area contributed by atoms with E-state index in [1.807, 2.05) is 24.3 Å². The standard InChI is InChI=1S/C29H25F3N2O4/c30-29(31,32)22-7-3-6-19(12-22)23-15-34(27(35)20-8-9-25-26(13-20)38-17-37-25)16-24(23)28(36)33-11-10-18-4-1-2-5-21(18)14-33/h1-9,12-13,23-24H,10-11,14-17H2/t23-,24-/m0/s1. The molecule has 0 saturated carbocycles. The fourth-order valence-electron chi connectivity index (χ4n) is 5.63. The summed E-state index contributed by atoms with van der Waals surface area (Å²) in [6.45, 7) is 1.29. The van der Waals surface area contributed by atoms with Crippen molar-refractivity contribution in [1.29, 1.82) is 0 Å². The zero-order valence-corrected chi connectivity index (χ0v) is 20.4. The summed E-state index contributed by atoms with van der Waals surface area (Å²) in [4.78, 5) is 30.7. The van der Waals surface area contributed by atoms with Crippen LogP contribution in [-0.2, 0) is 23.9 Å². The molecule has 2 amide bonds. The van der Waals surface area contributed by atoms with Crippen molar-refractivity contribution in [2.45, 2.75) is 25.1 Å². The summed E-state index contributed by atoms with van der Waals surface area (Å²) in [7, 11) is 0. The molecule has 196 valence electrons. The summed E-state index contributed by atoms with van der Waals surface area (Å²) in [5, 5.41) is 0. The summed E-state index contributed by atoms with van der Waals surface area (Å²) < 4.78 is 51.3. The molecule has 0 N–H and O–H groups in total. The Labute approximate surface area is 217 Å². The van der Waals surface area contributed by atoms with Gasteiger partial charge in [-0.3, -0.25) is 9.59 Å². The SMILES string of the molecule is O=C(c1ccc2c(c1)OCO2)N1C[C@H](C(=O)N2CCc3ccccc3C2)[C@H](c2cccc(C(F)(F)F)c2)C1. The van der Waals surface area contributed by atoms with Crippen LogP contribution in [0.3, 0.4) is 0 Å². The molecule has 9 heteroatoms. The van der Waals surface area contributed by atoms with Gasteiger partial charge in [0.15, 0.2) is 11.5 Å². The first-order valence-electron chi connectivity index (χ1n) is 12.5. The summed E-state index contributed by atoms with van der Waals surface area (Å²) in [6.07, 6.45) is -3.80. The minimum Gasteiger partial charge on any atom is -0.454 e. The molecule has 3 aliphatic rings. The molecule has 0 aromatic heterocycles. The number of rotatable bonds is 3. The number of carbonyl (C=O) groups is 2. The van der Waals surface area contributed by atoms with E-state index < -0.39 is 23.6 Å². The number of ether oxygens (including phenoxy) is 2. The molecule has 0 aliphatic carbocycles. The Morgan fingerprint density at radius 3 is 2.45 bits per heavy atom. The average molecular weight is 523 g/mol. The first-order valence-corrected chi connectivity index (χ1v) is 12.5. The van der Waals surface area contributed by atoms with Crippen LogP contribution in [0.4, 0.5) is 13.2 Å². The Bertz CT molecular complexity index is 1410. The largest absolute Gasteiger partial charge is 0.454 e. The minimum atomic E-state index is -4.51. The molecule has 0 spiro atoms. The molecule has 38 heavy (non-hydrogen) atoms. The molecular formula is C29H25F3N2O4. The lowest BCUT2D eigenvalue weighted by Gasteiger charge is -2.32. The van der Waals surface area contributed by atoms with Crippen LogP contribution in [0.5, 0.6) is 11.5 Å². The van der Waals surface area contributed by atoms with E-state index in [9.17, 15) is 22.8 Å². The Hall–Kier alpha value is -4.01. The van der Waals surface area contributed by atoms with E-state index in [0.717, 1.165) is 17.7 Å². The van der Waals surface area contributed by atoms with Crippen LogP contribution in [0.15, 0.2) is 66.7 Å². The van der Waals surface area contributed by atoms with Gasteiger partial charge in [0.2, 0.25) is 12.7 Å². The van der Waals surface area contributed by atoms with E-state index in [-0.39, 0.29) is 31.7 Å². The molecule has 0 unspecified atom stereocenters. The molecule has 0 radical (unpaired) electrons. The smallest absolute Gasteiger partial charge is 0.416 e. The first kappa shape index (κ1) is 24.3. The Morgan fingerprint density at radius 2 is 1.63 bits per heavy atom. The van der Waals surface area contributed by atoms with Gasteiger partial charge in [0, 0.05) is 37.7 Å². The van der Waals surface area contributed by atoms with Crippen LogP contribution in [0.2, 0.25) is 0 Å². The second-order valence-electron chi connectivity index (χ2n) is 9.89. The van der Waals surface area contributed by atoms with Crippen LogP contribution >= 0.6 is 0 Å². The molecule has 3 aromatic carbocycles. The van der Waals surface area contributed by atoms with Crippen LogP contribution in [0.25, 0.3) is 0 Å². The molecule has 3 aliphatic heterocycles. The van der Waals surface area contributed by atoms with E-state index in [4.69, 9.17) is 9.47 Å². The van der Waals surface area contributed by atoms with Gasteiger partial charge >= 0.3 is 6.18 Å². The summed E-state index contributed by atoms with van der Waals surface area (Å²) in [5.41, 5.74) is 2.26. The number of hydrogen-bond donors (Lipinski definition) is 0. The van der Waals surface area contributed by atoms with Crippen molar-refractivity contribution in [3.8, 4) is 11.5 Å². The van der Waals surface area contributed by atoms with Crippen molar-refractivity contribution in [3.63, 3.8) is 0 Å². The van der Waals surface area contributed by atoms with E-state index in [1.165, 1.54) is 11.6 Å². The Kier molecular flexibility index (Phi) is 6.01. The highest BCUT2D eigenvalue weighted by molar-refractivity contribution is 5.96. The third kappa shape index (κ3) is 4.46. The lowest BCUT2D eigenvalue weighted by molar-refractivity contribution is -0.137. The van der Waals surface area contributed by atoms with Crippen molar-refractivity contribution in [2.24, 2.45) is 5.92 Å². The third-order valence-electron chi connectivity index (χ3n) is 7.63. The molecule has 6 nitrogen and oxygen atoms in total. The first-order chi connectivity index (χ1) is 18.3. The Balaban J connectivity index is 1.30. The highest BCUT2D eigenvalue weighted by Gasteiger charge is 2.43. The predicted octanol–water partition coefficient (Wildman–Crippen LogP) is 4.87. The van der Waals surface area contributed by atoms with Gasteiger partial charge in [0.1, 0.15) is 0 Å². The quantitative estimate of drug-likeness (QED) is 0.492. The molecular weight excluding hydrogens is 497 g/mol. The maximum absolute atomic E-state index is 13.9. The van der Waals surface area contributed by atoms with Crippen molar-refractivity contribution in [3.05, 3.63) is 94.5 Å². The van der Waals surface area contributed by atoms with Gasteiger partial charge in [-0.25, -0.2) is 0 Å². The second kappa shape index (κ2) is 9.38. The zero-order chi connectivity index (χ0) is 26.4.